The predicted molar refractivity (Wildman–Crippen MR) is 228 cm³/mol. The molecule has 0 spiro atoms. The van der Waals surface area contributed by atoms with Crippen LogP contribution in [0.1, 0.15) is 65.6 Å². The van der Waals surface area contributed by atoms with Crippen LogP contribution in [0.5, 0.6) is 5.75 Å². The maximum absolute atomic E-state index is 13.6. The average Bonchev–Trinajstić information content (AvgIpc) is 3.24. The Morgan fingerprint density at radius 1 is 0.613 bits per heavy atom. The number of hydrogen-bond acceptors (Lipinski definition) is 11. The van der Waals surface area contributed by atoms with E-state index in [1.807, 2.05) is 0 Å². The number of carbonyl (C=O) groups is 6. The zero-order valence-electron chi connectivity index (χ0n) is 33.3. The molecule has 0 fully saturated rings. The van der Waals surface area contributed by atoms with E-state index >= 15 is 0 Å². The summed E-state index contributed by atoms with van der Waals surface area (Å²) in [5, 5.41) is 43.5. The second-order valence-corrected chi connectivity index (χ2v) is 13.7. The molecule has 5 rings (SSSR count). The molecule has 5 aromatic carbocycles. The van der Waals surface area contributed by atoms with Gasteiger partial charge in [-0.15, -0.1) is 0 Å². The Balaban J connectivity index is 1.23. The van der Waals surface area contributed by atoms with Crippen LogP contribution in [0.15, 0.2) is 128 Å². The summed E-state index contributed by atoms with van der Waals surface area (Å²) in [4.78, 5) is 87.3. The quantitative estimate of drug-likeness (QED) is 0.0294. The highest BCUT2D eigenvalue weighted by atomic mass is 16.6. The molecule has 0 heterocycles. The Bertz CT molecular complexity index is 2510. The number of non-ortho nitro benzene ring substituents is 1. The number of anilines is 4. The number of aromatic carboxylic acids is 1. The Labute approximate surface area is 353 Å². The summed E-state index contributed by atoms with van der Waals surface area (Å²) in [5.41, 5.74) is 1.68. The number of aliphatic hydroxyl groups excluding tert-OH is 1. The molecule has 18 nitrogen and oxygen atoms in total. The third-order valence-electron chi connectivity index (χ3n) is 8.86. The number of nitrogens with one attached hydrogen (secondary N) is 5. The fourth-order valence-corrected chi connectivity index (χ4v) is 5.75. The van der Waals surface area contributed by atoms with Crippen molar-refractivity contribution in [3.05, 3.63) is 166 Å². The van der Waals surface area contributed by atoms with E-state index in [4.69, 9.17) is 14.6 Å². The number of rotatable bonds is 17. The first-order valence-electron chi connectivity index (χ1n) is 18.6. The van der Waals surface area contributed by atoms with Gasteiger partial charge in [0.1, 0.15) is 23.7 Å². The number of hydrogen-bond donors (Lipinski definition) is 7. The summed E-state index contributed by atoms with van der Waals surface area (Å²) in [6.45, 7) is 6.99. The van der Waals surface area contributed by atoms with Gasteiger partial charge < -0.3 is 46.3 Å². The van der Waals surface area contributed by atoms with Crippen LogP contribution < -0.4 is 31.3 Å². The second kappa shape index (κ2) is 20.1. The number of aliphatic hydroxyl groups is 1. The summed E-state index contributed by atoms with van der Waals surface area (Å²) < 4.78 is 11.2. The van der Waals surface area contributed by atoms with Crippen LogP contribution in [0.2, 0.25) is 0 Å². The van der Waals surface area contributed by atoms with Gasteiger partial charge in [0, 0.05) is 58.6 Å². The van der Waals surface area contributed by atoms with Crippen molar-refractivity contribution in [2.75, 3.05) is 28.4 Å². The molecule has 0 saturated heterocycles. The molecule has 0 aliphatic heterocycles. The number of carbonyl (C=O) groups excluding carboxylic acids is 5. The number of amides is 5. The summed E-state index contributed by atoms with van der Waals surface area (Å²) in [6.07, 6.45) is -1.71. The fourth-order valence-electron chi connectivity index (χ4n) is 5.75. The van der Waals surface area contributed by atoms with Crippen molar-refractivity contribution >= 4 is 63.9 Å². The molecule has 0 aliphatic rings. The van der Waals surface area contributed by atoms with Crippen molar-refractivity contribution in [2.24, 2.45) is 0 Å². The van der Waals surface area contributed by atoms with Gasteiger partial charge in [-0.05, 0) is 117 Å². The Morgan fingerprint density at radius 3 is 1.52 bits per heavy atom. The number of benzene rings is 5. The minimum absolute atomic E-state index is 0.0625. The average molecular weight is 845 g/mol. The Kier molecular flexibility index (Phi) is 14.5. The number of carboxylic acids is 1. The van der Waals surface area contributed by atoms with Crippen LogP contribution in [0.3, 0.4) is 0 Å². The van der Waals surface area contributed by atoms with Crippen molar-refractivity contribution in [2.45, 2.75) is 32.1 Å². The molecule has 2 unspecified atom stereocenters. The normalized spacial score (nSPS) is 11.6. The zero-order valence-corrected chi connectivity index (χ0v) is 33.3. The van der Waals surface area contributed by atoms with E-state index < -0.39 is 58.3 Å². The monoisotopic (exact) mass is 844 g/mol. The van der Waals surface area contributed by atoms with Gasteiger partial charge in [0.05, 0.1) is 22.3 Å². The van der Waals surface area contributed by atoms with Crippen molar-refractivity contribution in [3.8, 4) is 5.75 Å². The third-order valence-corrected chi connectivity index (χ3v) is 8.86. The van der Waals surface area contributed by atoms with Gasteiger partial charge in [-0.2, -0.15) is 0 Å². The highest BCUT2D eigenvalue weighted by Crippen LogP contribution is 2.29. The van der Waals surface area contributed by atoms with Gasteiger partial charge in [0.15, 0.2) is 0 Å². The summed E-state index contributed by atoms with van der Waals surface area (Å²) in [6, 6.07) is 24.9. The first-order chi connectivity index (χ1) is 29.5. The number of carboxylic acid groups (broad SMARTS) is 1. The lowest BCUT2D eigenvalue weighted by Gasteiger charge is -2.25. The van der Waals surface area contributed by atoms with Gasteiger partial charge in [0.2, 0.25) is 5.91 Å². The lowest BCUT2D eigenvalue weighted by Crippen LogP contribution is -2.52. The maximum Gasteiger partial charge on any atom is 0.335 e. The van der Waals surface area contributed by atoms with Crippen molar-refractivity contribution < 1.29 is 53.4 Å². The Hall–Kier alpha value is -8.38. The topological polar surface area (TPSA) is 265 Å². The Morgan fingerprint density at radius 2 is 1.05 bits per heavy atom. The molecule has 0 radical (unpaired) electrons. The number of nitrogens with zero attached hydrogens (tertiary/aromatic N) is 1. The third kappa shape index (κ3) is 11.6. The fraction of sp³-hybridized carbons (Fsp3) is 0.136. The zero-order chi connectivity index (χ0) is 45.1. The molecule has 5 amide bonds. The van der Waals surface area contributed by atoms with Crippen molar-refractivity contribution in [3.63, 3.8) is 0 Å². The van der Waals surface area contributed by atoms with E-state index in [9.17, 15) is 44.0 Å². The molecule has 62 heavy (non-hydrogen) atoms. The molecule has 18 heteroatoms. The summed E-state index contributed by atoms with van der Waals surface area (Å²) in [5.74, 6) is -4.58. The van der Waals surface area contributed by atoms with Crippen LogP contribution in [0, 0.1) is 10.1 Å². The van der Waals surface area contributed by atoms with Gasteiger partial charge in [0.25, 0.3) is 29.3 Å². The number of nitro benzene ring substituents is 1. The highest BCUT2D eigenvalue weighted by Gasteiger charge is 2.33. The molecule has 318 valence electrons. The predicted octanol–water partition coefficient (Wildman–Crippen LogP) is 6.66. The molecule has 0 aliphatic carbocycles. The lowest BCUT2D eigenvalue weighted by atomic mass is 10.1. The number of ether oxygens (including phenoxy) is 2. The smallest absolute Gasteiger partial charge is 0.335 e. The molecule has 7 N–H and O–H groups in total. The van der Waals surface area contributed by atoms with E-state index in [2.05, 4.69) is 33.2 Å². The second-order valence-electron chi connectivity index (χ2n) is 13.7. The summed E-state index contributed by atoms with van der Waals surface area (Å²) >= 11 is 0. The van der Waals surface area contributed by atoms with Gasteiger partial charge in [-0.1, -0.05) is 6.58 Å². The van der Waals surface area contributed by atoms with Crippen LogP contribution in [-0.4, -0.2) is 76.0 Å². The number of nitro groups is 1. The standard InChI is InChI=1S/C44H40N6O12/c1-24(2)62-36-23-30(42(55)46-32-18-9-29(10-19-32)44(57)58)13-22-35(36)48-40(53)26-5-16-33(17-6-26)47-43(56)37(38(61-4)25(3)51)49-41(54)27-7-14-31(15-8-27)45-39(52)28-11-20-34(21-12-28)50(59)60/h5-24,37-38,51H,3H2,1-2,4H3,(H,45,52)(H,46,55)(H,47,56)(H,48,53)(H,49,54)(H,57,58). The van der Waals surface area contributed by atoms with Crippen LogP contribution in [-0.2, 0) is 9.53 Å². The summed E-state index contributed by atoms with van der Waals surface area (Å²) in [7, 11) is 1.21. The van der Waals surface area contributed by atoms with E-state index in [0.717, 1.165) is 0 Å². The van der Waals surface area contributed by atoms with Crippen LogP contribution in [0.25, 0.3) is 0 Å². The van der Waals surface area contributed by atoms with Crippen molar-refractivity contribution in [1.29, 1.82) is 0 Å². The first-order valence-corrected chi connectivity index (χ1v) is 18.6. The molecular formula is C44H40N6O12. The molecular weight excluding hydrogens is 805 g/mol. The van der Waals surface area contributed by atoms with E-state index in [1.165, 1.54) is 122 Å². The van der Waals surface area contributed by atoms with Crippen LogP contribution >= 0.6 is 0 Å². The van der Waals surface area contributed by atoms with E-state index in [1.54, 1.807) is 13.8 Å². The molecule has 0 saturated carbocycles. The first kappa shape index (κ1) is 44.7. The van der Waals surface area contributed by atoms with Gasteiger partial charge >= 0.3 is 5.97 Å². The molecule has 0 bridgehead atoms. The van der Waals surface area contributed by atoms with Crippen molar-refractivity contribution in [1.82, 2.24) is 5.32 Å². The van der Waals surface area contributed by atoms with Crippen LogP contribution in [0.4, 0.5) is 28.4 Å². The molecule has 5 aromatic rings. The van der Waals surface area contributed by atoms with Gasteiger partial charge in [-0.3, -0.25) is 34.1 Å². The molecule has 0 aromatic heterocycles. The van der Waals surface area contributed by atoms with E-state index in [-0.39, 0.29) is 56.7 Å². The molecule has 2 atom stereocenters. The lowest BCUT2D eigenvalue weighted by molar-refractivity contribution is -0.384. The SMILES string of the molecule is C=C(O)C(OC)C(NC(=O)c1ccc(NC(=O)c2ccc([N+](=O)[O-])cc2)cc1)C(=O)Nc1ccc(C(=O)Nc2ccc(C(=O)Nc3ccc(C(=O)O)cc3)cc2OC(C)C)cc1. The van der Waals surface area contributed by atoms with E-state index in [0.29, 0.717) is 11.4 Å². The minimum Gasteiger partial charge on any atom is -0.510 e. The number of methoxy groups -OCH3 is 1. The largest absolute Gasteiger partial charge is 0.510 e. The minimum atomic E-state index is -1.50. The van der Waals surface area contributed by atoms with Gasteiger partial charge in [-0.25, -0.2) is 4.79 Å². The highest BCUT2D eigenvalue weighted by molar-refractivity contribution is 6.08. The maximum atomic E-state index is 13.6.